The molecule has 0 unspecified atom stereocenters. The Morgan fingerprint density at radius 1 is 1.11 bits per heavy atom. The molecule has 2 heterocycles. The second-order valence-electron chi connectivity index (χ2n) is 5.24. The Morgan fingerprint density at radius 3 is 2.21 bits per heavy atom. The molecule has 106 valence electrons. The number of β-amino-alcohol motifs (C(OH)–C–C–N with tert-alkyl or cyclic N) is 1. The van der Waals surface area contributed by atoms with Crippen LogP contribution in [0.1, 0.15) is 26.7 Å². The largest absolute Gasteiger partial charge is 0.389 e. The summed E-state index contributed by atoms with van der Waals surface area (Å²) in [6, 6.07) is 1.84. The molecule has 0 amide bonds. The van der Waals surface area contributed by atoms with Crippen molar-refractivity contribution in [1.29, 1.82) is 0 Å². The van der Waals surface area contributed by atoms with E-state index in [0.717, 1.165) is 51.5 Å². The number of hydrogen-bond acceptors (Lipinski definition) is 5. The predicted octanol–water partition coefficient (Wildman–Crippen LogP) is 1.15. The van der Waals surface area contributed by atoms with Crippen molar-refractivity contribution in [1.82, 2.24) is 14.9 Å². The summed E-state index contributed by atoms with van der Waals surface area (Å²) >= 11 is 0. The third kappa shape index (κ3) is 3.64. The Hall–Kier alpha value is -1.20. The lowest BCUT2D eigenvalue weighted by Gasteiger charge is -2.39. The number of aliphatic hydroxyl groups is 1. The van der Waals surface area contributed by atoms with Crippen LogP contribution >= 0.6 is 0 Å². The Kier molecular flexibility index (Phi) is 4.71. The highest BCUT2D eigenvalue weighted by molar-refractivity contribution is 5.29. The number of nitrogens with zero attached hydrogens (tertiary/aromatic N) is 4. The predicted molar refractivity (Wildman–Crippen MR) is 76.2 cm³/mol. The van der Waals surface area contributed by atoms with Crippen molar-refractivity contribution in [3.8, 4) is 0 Å². The molecule has 1 aliphatic rings. The average molecular weight is 264 g/mol. The van der Waals surface area contributed by atoms with Crippen LogP contribution < -0.4 is 4.90 Å². The van der Waals surface area contributed by atoms with Crippen LogP contribution in [0, 0.1) is 0 Å². The fourth-order valence-electron chi connectivity index (χ4n) is 2.45. The van der Waals surface area contributed by atoms with Crippen molar-refractivity contribution in [2.75, 3.05) is 37.6 Å². The monoisotopic (exact) mass is 264 g/mol. The molecule has 2 rings (SSSR count). The first kappa shape index (κ1) is 14.2. The van der Waals surface area contributed by atoms with Crippen LogP contribution in [0.15, 0.2) is 18.5 Å². The Labute approximate surface area is 115 Å². The molecule has 5 nitrogen and oxygen atoms in total. The SMILES string of the molecule is CCC(O)(CC)CN1CCN(c2ncccn2)CC1. The minimum Gasteiger partial charge on any atom is -0.389 e. The van der Waals surface area contributed by atoms with Gasteiger partial charge in [0.05, 0.1) is 5.60 Å². The number of anilines is 1. The molecular weight excluding hydrogens is 240 g/mol. The topological polar surface area (TPSA) is 52.5 Å². The fraction of sp³-hybridized carbons (Fsp3) is 0.714. The lowest BCUT2D eigenvalue weighted by atomic mass is 9.96. The van der Waals surface area contributed by atoms with Crippen molar-refractivity contribution in [3.05, 3.63) is 18.5 Å². The third-order valence-electron chi connectivity index (χ3n) is 4.04. The summed E-state index contributed by atoms with van der Waals surface area (Å²) in [6.07, 6.45) is 5.18. The van der Waals surface area contributed by atoms with Gasteiger partial charge in [0.1, 0.15) is 0 Å². The Balaban J connectivity index is 1.86. The Morgan fingerprint density at radius 2 is 1.68 bits per heavy atom. The maximum atomic E-state index is 10.4. The van der Waals surface area contributed by atoms with Crippen LogP contribution in [0.5, 0.6) is 0 Å². The second kappa shape index (κ2) is 6.30. The van der Waals surface area contributed by atoms with E-state index in [-0.39, 0.29) is 0 Å². The highest BCUT2D eigenvalue weighted by Gasteiger charge is 2.28. The molecule has 1 saturated heterocycles. The molecule has 0 aliphatic carbocycles. The molecule has 1 aromatic heterocycles. The van der Waals surface area contributed by atoms with Crippen molar-refractivity contribution < 1.29 is 5.11 Å². The fourth-order valence-corrected chi connectivity index (χ4v) is 2.45. The number of hydrogen-bond donors (Lipinski definition) is 1. The zero-order valence-electron chi connectivity index (χ0n) is 11.9. The second-order valence-corrected chi connectivity index (χ2v) is 5.24. The van der Waals surface area contributed by atoms with Gasteiger partial charge in [0.2, 0.25) is 5.95 Å². The number of rotatable bonds is 5. The molecule has 0 saturated carbocycles. The van der Waals surface area contributed by atoms with E-state index < -0.39 is 5.60 Å². The van der Waals surface area contributed by atoms with E-state index in [4.69, 9.17) is 0 Å². The van der Waals surface area contributed by atoms with E-state index in [2.05, 4.69) is 33.6 Å². The van der Waals surface area contributed by atoms with E-state index in [9.17, 15) is 5.11 Å². The zero-order chi connectivity index (χ0) is 13.7. The smallest absolute Gasteiger partial charge is 0.225 e. The van der Waals surface area contributed by atoms with Crippen molar-refractivity contribution >= 4 is 5.95 Å². The molecular formula is C14H24N4O. The van der Waals surface area contributed by atoms with Gasteiger partial charge < -0.3 is 10.0 Å². The molecule has 0 aromatic carbocycles. The van der Waals surface area contributed by atoms with Gasteiger partial charge in [-0.05, 0) is 18.9 Å². The molecule has 0 radical (unpaired) electrons. The van der Waals surface area contributed by atoms with Gasteiger partial charge in [0.25, 0.3) is 0 Å². The van der Waals surface area contributed by atoms with E-state index >= 15 is 0 Å². The highest BCUT2D eigenvalue weighted by atomic mass is 16.3. The van der Waals surface area contributed by atoms with Crippen molar-refractivity contribution in [3.63, 3.8) is 0 Å². The minimum absolute atomic E-state index is 0.536. The van der Waals surface area contributed by atoms with Gasteiger partial charge in [-0.1, -0.05) is 13.8 Å². The van der Waals surface area contributed by atoms with Gasteiger partial charge in [-0.25, -0.2) is 9.97 Å². The zero-order valence-corrected chi connectivity index (χ0v) is 11.9. The van der Waals surface area contributed by atoms with Crippen LogP contribution in [0.25, 0.3) is 0 Å². The van der Waals surface area contributed by atoms with Crippen LogP contribution in [0.2, 0.25) is 0 Å². The first-order chi connectivity index (χ1) is 9.17. The lowest BCUT2D eigenvalue weighted by molar-refractivity contribution is -0.00461. The standard InChI is InChI=1S/C14H24N4O/c1-3-14(19,4-2)12-17-8-10-18(11-9-17)13-15-6-5-7-16-13/h5-7,19H,3-4,8-12H2,1-2H3. The van der Waals surface area contributed by atoms with Gasteiger partial charge in [-0.2, -0.15) is 0 Å². The molecule has 19 heavy (non-hydrogen) atoms. The van der Waals surface area contributed by atoms with E-state index in [1.807, 2.05) is 6.07 Å². The lowest BCUT2D eigenvalue weighted by Crippen LogP contribution is -2.52. The molecule has 1 aromatic rings. The summed E-state index contributed by atoms with van der Waals surface area (Å²) in [5.41, 5.74) is -0.536. The van der Waals surface area contributed by atoms with Gasteiger partial charge >= 0.3 is 0 Å². The summed E-state index contributed by atoms with van der Waals surface area (Å²) in [4.78, 5) is 13.1. The van der Waals surface area contributed by atoms with Crippen LogP contribution in [0.4, 0.5) is 5.95 Å². The summed E-state index contributed by atoms with van der Waals surface area (Å²) in [5, 5.41) is 10.4. The maximum absolute atomic E-state index is 10.4. The summed E-state index contributed by atoms with van der Waals surface area (Å²) in [7, 11) is 0. The van der Waals surface area contributed by atoms with Gasteiger partial charge in [0, 0.05) is 45.1 Å². The van der Waals surface area contributed by atoms with E-state index in [0.29, 0.717) is 0 Å². The van der Waals surface area contributed by atoms with Crippen molar-refractivity contribution in [2.45, 2.75) is 32.3 Å². The van der Waals surface area contributed by atoms with E-state index in [1.165, 1.54) is 0 Å². The third-order valence-corrected chi connectivity index (χ3v) is 4.04. The molecule has 5 heteroatoms. The maximum Gasteiger partial charge on any atom is 0.225 e. The molecule has 0 spiro atoms. The summed E-state index contributed by atoms with van der Waals surface area (Å²) in [5.74, 6) is 0.809. The summed E-state index contributed by atoms with van der Waals surface area (Å²) in [6.45, 7) is 8.64. The van der Waals surface area contributed by atoms with E-state index in [1.54, 1.807) is 12.4 Å². The van der Waals surface area contributed by atoms with Crippen molar-refractivity contribution in [2.24, 2.45) is 0 Å². The highest BCUT2D eigenvalue weighted by Crippen LogP contribution is 2.18. The Bertz CT molecular complexity index is 372. The van der Waals surface area contributed by atoms with Crippen LogP contribution in [-0.4, -0.2) is 58.3 Å². The molecule has 1 fully saturated rings. The molecule has 0 bridgehead atoms. The van der Waals surface area contributed by atoms with Gasteiger partial charge in [-0.3, -0.25) is 4.90 Å². The van der Waals surface area contributed by atoms with Gasteiger partial charge in [-0.15, -0.1) is 0 Å². The first-order valence-corrected chi connectivity index (χ1v) is 7.13. The first-order valence-electron chi connectivity index (χ1n) is 7.13. The summed E-state index contributed by atoms with van der Waals surface area (Å²) < 4.78 is 0. The number of aromatic nitrogens is 2. The van der Waals surface area contributed by atoms with Crippen LogP contribution in [0.3, 0.4) is 0 Å². The quantitative estimate of drug-likeness (QED) is 0.864. The molecule has 1 aliphatic heterocycles. The normalized spacial score (nSPS) is 17.7. The van der Waals surface area contributed by atoms with Gasteiger partial charge in [0.15, 0.2) is 0 Å². The molecule has 0 atom stereocenters. The van der Waals surface area contributed by atoms with Crippen LogP contribution in [-0.2, 0) is 0 Å². The average Bonchev–Trinajstić information content (AvgIpc) is 2.49. The minimum atomic E-state index is -0.536. The number of piperazine rings is 1. The molecule has 1 N–H and O–H groups in total.